The SMILES string of the molecule is CCc1[nH]c(-c2ccsc2C(C)O)nc1-c1cccnc1.Cl.Cl. The van der Waals surface area contributed by atoms with E-state index in [9.17, 15) is 5.11 Å². The van der Waals surface area contributed by atoms with Gasteiger partial charge in [0.05, 0.1) is 11.8 Å². The van der Waals surface area contributed by atoms with Crippen molar-refractivity contribution in [3.8, 4) is 22.6 Å². The number of thiophene rings is 1. The first-order chi connectivity index (χ1) is 10.2. The second-order valence-corrected chi connectivity index (χ2v) is 5.83. The first-order valence-electron chi connectivity index (χ1n) is 6.95. The maximum absolute atomic E-state index is 9.86. The zero-order valence-electron chi connectivity index (χ0n) is 12.8. The van der Waals surface area contributed by atoms with Gasteiger partial charge in [0.15, 0.2) is 0 Å². The van der Waals surface area contributed by atoms with Gasteiger partial charge in [0.1, 0.15) is 5.82 Å². The molecule has 1 atom stereocenters. The van der Waals surface area contributed by atoms with Crippen LogP contribution in [0.5, 0.6) is 0 Å². The van der Waals surface area contributed by atoms with Crippen molar-refractivity contribution in [2.24, 2.45) is 0 Å². The normalized spacial score (nSPS) is 11.4. The van der Waals surface area contributed by atoms with Crippen molar-refractivity contribution in [3.05, 3.63) is 46.5 Å². The predicted octanol–water partition coefficient (Wildman–Crippen LogP) is 4.66. The standard InChI is InChI=1S/C16H17N3OS.2ClH/c1-3-13-14(11-5-4-7-17-9-11)19-16(18-13)12-6-8-21-15(12)10(2)20;;/h4-10,20H,3H2,1-2H3,(H,18,19);2*1H. The van der Waals surface area contributed by atoms with Gasteiger partial charge in [-0.05, 0) is 36.9 Å². The van der Waals surface area contributed by atoms with E-state index in [1.807, 2.05) is 29.8 Å². The molecule has 3 aromatic heterocycles. The van der Waals surface area contributed by atoms with Gasteiger partial charge >= 0.3 is 0 Å². The third-order valence-corrected chi connectivity index (χ3v) is 4.48. The Kier molecular flexibility index (Phi) is 7.22. The molecule has 0 saturated carbocycles. The lowest BCUT2D eigenvalue weighted by molar-refractivity contribution is 0.203. The summed E-state index contributed by atoms with van der Waals surface area (Å²) in [4.78, 5) is 13.2. The van der Waals surface area contributed by atoms with Gasteiger partial charge in [-0.15, -0.1) is 36.2 Å². The summed E-state index contributed by atoms with van der Waals surface area (Å²) in [6, 6.07) is 5.92. The molecule has 0 spiro atoms. The van der Waals surface area contributed by atoms with E-state index in [1.54, 1.807) is 24.5 Å². The number of hydrogen-bond donors (Lipinski definition) is 2. The number of imidazole rings is 1. The molecule has 3 heterocycles. The number of H-pyrrole nitrogens is 1. The highest BCUT2D eigenvalue weighted by Crippen LogP contribution is 2.33. The van der Waals surface area contributed by atoms with Crippen LogP contribution in [0.25, 0.3) is 22.6 Å². The first-order valence-corrected chi connectivity index (χ1v) is 7.83. The molecule has 7 heteroatoms. The van der Waals surface area contributed by atoms with Crippen molar-refractivity contribution in [2.75, 3.05) is 0 Å². The molecular weight excluding hydrogens is 353 g/mol. The van der Waals surface area contributed by atoms with Gasteiger partial charge in [0.2, 0.25) is 0 Å². The predicted molar refractivity (Wildman–Crippen MR) is 99.6 cm³/mol. The molecular formula is C16H19Cl2N3OS. The fraction of sp³-hybridized carbons (Fsp3) is 0.250. The number of aromatic amines is 1. The van der Waals surface area contributed by atoms with Crippen molar-refractivity contribution < 1.29 is 5.11 Å². The van der Waals surface area contributed by atoms with E-state index in [2.05, 4.69) is 16.9 Å². The number of hydrogen-bond acceptors (Lipinski definition) is 4. The van der Waals surface area contributed by atoms with E-state index in [4.69, 9.17) is 4.98 Å². The van der Waals surface area contributed by atoms with Crippen LogP contribution in [0.2, 0.25) is 0 Å². The first kappa shape index (κ1) is 19.6. The molecule has 124 valence electrons. The Bertz CT molecular complexity index is 741. The highest BCUT2D eigenvalue weighted by Gasteiger charge is 2.17. The van der Waals surface area contributed by atoms with E-state index < -0.39 is 6.10 Å². The minimum absolute atomic E-state index is 0. The molecule has 0 aliphatic rings. The summed E-state index contributed by atoms with van der Waals surface area (Å²) in [5.41, 5.74) is 4.00. The van der Waals surface area contributed by atoms with Crippen LogP contribution in [0.15, 0.2) is 36.0 Å². The largest absolute Gasteiger partial charge is 0.388 e. The number of pyridine rings is 1. The summed E-state index contributed by atoms with van der Waals surface area (Å²) in [5, 5.41) is 11.8. The lowest BCUT2D eigenvalue weighted by Crippen LogP contribution is -1.90. The quantitative estimate of drug-likeness (QED) is 0.700. The van der Waals surface area contributed by atoms with Crippen LogP contribution in [-0.2, 0) is 6.42 Å². The molecule has 0 aromatic carbocycles. The Labute approximate surface area is 151 Å². The smallest absolute Gasteiger partial charge is 0.139 e. The van der Waals surface area contributed by atoms with Crippen molar-refractivity contribution in [3.63, 3.8) is 0 Å². The molecule has 0 radical (unpaired) electrons. The van der Waals surface area contributed by atoms with E-state index >= 15 is 0 Å². The van der Waals surface area contributed by atoms with Crippen molar-refractivity contribution in [1.82, 2.24) is 15.0 Å². The van der Waals surface area contributed by atoms with E-state index in [0.717, 1.165) is 39.6 Å². The second kappa shape index (κ2) is 8.45. The van der Waals surface area contributed by atoms with Gasteiger partial charge in [-0.1, -0.05) is 6.92 Å². The number of aliphatic hydroxyl groups excluding tert-OH is 1. The molecule has 3 rings (SSSR count). The van der Waals surface area contributed by atoms with Crippen molar-refractivity contribution >= 4 is 36.2 Å². The average molecular weight is 372 g/mol. The Morgan fingerprint density at radius 2 is 2.09 bits per heavy atom. The summed E-state index contributed by atoms with van der Waals surface area (Å²) < 4.78 is 0. The number of aromatic nitrogens is 3. The van der Waals surface area contributed by atoms with Gasteiger partial charge in [-0.2, -0.15) is 0 Å². The van der Waals surface area contributed by atoms with Crippen molar-refractivity contribution in [1.29, 1.82) is 0 Å². The summed E-state index contributed by atoms with van der Waals surface area (Å²) >= 11 is 1.55. The van der Waals surface area contributed by atoms with Gasteiger partial charge in [0, 0.05) is 34.1 Å². The van der Waals surface area contributed by atoms with Crippen molar-refractivity contribution in [2.45, 2.75) is 26.4 Å². The zero-order valence-corrected chi connectivity index (χ0v) is 15.3. The van der Waals surface area contributed by atoms with Gasteiger partial charge in [-0.25, -0.2) is 4.98 Å². The fourth-order valence-electron chi connectivity index (χ4n) is 2.37. The van der Waals surface area contributed by atoms with E-state index in [0.29, 0.717) is 0 Å². The Morgan fingerprint density at radius 3 is 2.70 bits per heavy atom. The highest BCUT2D eigenvalue weighted by molar-refractivity contribution is 7.10. The van der Waals surface area contributed by atoms with E-state index in [-0.39, 0.29) is 24.8 Å². The third kappa shape index (κ3) is 3.93. The average Bonchev–Trinajstić information content (AvgIpc) is 3.14. The summed E-state index contributed by atoms with van der Waals surface area (Å²) in [6.07, 6.45) is 3.96. The molecule has 0 bridgehead atoms. The van der Waals surface area contributed by atoms with Crippen LogP contribution in [0.4, 0.5) is 0 Å². The molecule has 0 aliphatic heterocycles. The summed E-state index contributed by atoms with van der Waals surface area (Å²) in [5.74, 6) is 0.808. The van der Waals surface area contributed by atoms with Crippen LogP contribution in [0, 0.1) is 0 Å². The molecule has 0 saturated heterocycles. The van der Waals surface area contributed by atoms with Gasteiger partial charge in [0.25, 0.3) is 0 Å². The molecule has 2 N–H and O–H groups in total. The lowest BCUT2D eigenvalue weighted by Gasteiger charge is -2.03. The molecule has 0 aliphatic carbocycles. The Balaban J connectivity index is 0.00000132. The number of halogens is 2. The fourth-order valence-corrected chi connectivity index (χ4v) is 3.21. The number of nitrogens with zero attached hydrogens (tertiary/aromatic N) is 2. The van der Waals surface area contributed by atoms with Crippen LogP contribution in [0.1, 0.15) is 30.5 Å². The third-order valence-electron chi connectivity index (χ3n) is 3.40. The molecule has 4 nitrogen and oxygen atoms in total. The summed E-state index contributed by atoms with van der Waals surface area (Å²) in [6.45, 7) is 3.88. The highest BCUT2D eigenvalue weighted by atomic mass is 35.5. The number of aryl methyl sites for hydroxylation is 1. The van der Waals surface area contributed by atoms with Gasteiger partial charge < -0.3 is 10.1 Å². The molecule has 0 fully saturated rings. The minimum Gasteiger partial charge on any atom is -0.388 e. The molecule has 1 unspecified atom stereocenters. The summed E-state index contributed by atoms with van der Waals surface area (Å²) in [7, 11) is 0. The topological polar surface area (TPSA) is 61.8 Å². The number of nitrogens with one attached hydrogen (secondary N) is 1. The maximum Gasteiger partial charge on any atom is 0.139 e. The van der Waals surface area contributed by atoms with Gasteiger partial charge in [-0.3, -0.25) is 4.98 Å². The van der Waals surface area contributed by atoms with Crippen LogP contribution >= 0.6 is 36.2 Å². The molecule has 0 amide bonds. The molecule has 23 heavy (non-hydrogen) atoms. The Morgan fingerprint density at radius 1 is 1.30 bits per heavy atom. The molecule has 3 aromatic rings. The lowest BCUT2D eigenvalue weighted by atomic mass is 10.1. The number of aliphatic hydroxyl groups is 1. The van der Waals surface area contributed by atoms with Crippen LogP contribution < -0.4 is 0 Å². The second-order valence-electron chi connectivity index (χ2n) is 4.88. The Hall–Kier alpha value is -1.40. The maximum atomic E-state index is 9.86. The monoisotopic (exact) mass is 371 g/mol. The minimum atomic E-state index is -0.489. The zero-order chi connectivity index (χ0) is 14.8. The number of rotatable bonds is 4. The van der Waals surface area contributed by atoms with E-state index in [1.165, 1.54) is 0 Å². The van der Waals surface area contributed by atoms with Crippen LogP contribution in [0.3, 0.4) is 0 Å². The van der Waals surface area contributed by atoms with Crippen LogP contribution in [-0.4, -0.2) is 20.1 Å².